The smallest absolute Gasteiger partial charge is 0.276 e. The highest BCUT2D eigenvalue weighted by atomic mass is 16.2. The van der Waals surface area contributed by atoms with Crippen LogP contribution in [0.2, 0.25) is 0 Å². The molecular formula is C22H21N3O3. The van der Waals surface area contributed by atoms with E-state index in [1.165, 1.54) is 16.8 Å². The molecule has 6 heteroatoms. The van der Waals surface area contributed by atoms with Crippen LogP contribution in [0.5, 0.6) is 0 Å². The molecule has 1 amide bonds. The van der Waals surface area contributed by atoms with Gasteiger partial charge in [0.15, 0.2) is 5.78 Å². The number of carbonyl (C=O) groups excluding carboxylic acids is 2. The molecule has 1 heterocycles. The summed E-state index contributed by atoms with van der Waals surface area (Å²) in [6.45, 7) is 2.49. The van der Waals surface area contributed by atoms with E-state index in [1.807, 2.05) is 13.0 Å². The van der Waals surface area contributed by atoms with Crippen molar-refractivity contribution in [2.24, 2.45) is 0 Å². The number of aromatic nitrogens is 2. The molecule has 0 aliphatic rings. The quantitative estimate of drug-likeness (QED) is 0.641. The van der Waals surface area contributed by atoms with Gasteiger partial charge in [-0.3, -0.25) is 14.4 Å². The van der Waals surface area contributed by atoms with Crippen molar-refractivity contribution in [3.8, 4) is 0 Å². The second kappa shape index (κ2) is 8.90. The highest BCUT2D eigenvalue weighted by Gasteiger charge is 2.13. The molecular weight excluding hydrogens is 354 g/mol. The SMILES string of the molecule is CCCCn1nc(C(=O)Nc2cccc(C(=O)c3ccccc3)c2)ccc1=O. The fourth-order valence-corrected chi connectivity index (χ4v) is 2.73. The Labute approximate surface area is 162 Å². The summed E-state index contributed by atoms with van der Waals surface area (Å²) in [5.41, 5.74) is 1.45. The first-order valence-corrected chi connectivity index (χ1v) is 9.18. The lowest BCUT2D eigenvalue weighted by molar-refractivity contribution is 0.101. The van der Waals surface area contributed by atoms with Crippen LogP contribution < -0.4 is 10.9 Å². The van der Waals surface area contributed by atoms with E-state index in [-0.39, 0.29) is 17.0 Å². The first-order valence-electron chi connectivity index (χ1n) is 9.18. The molecule has 0 fully saturated rings. The molecule has 6 nitrogen and oxygen atoms in total. The number of amides is 1. The van der Waals surface area contributed by atoms with Crippen LogP contribution in [-0.2, 0) is 6.54 Å². The number of hydrogen-bond donors (Lipinski definition) is 1. The molecule has 0 aliphatic carbocycles. The van der Waals surface area contributed by atoms with Crippen LogP contribution in [0.3, 0.4) is 0 Å². The maximum atomic E-state index is 12.6. The molecule has 3 aromatic rings. The number of aryl methyl sites for hydroxylation is 1. The molecule has 3 rings (SSSR count). The van der Waals surface area contributed by atoms with Crippen LogP contribution in [0, 0.1) is 0 Å². The number of ketones is 1. The number of nitrogens with one attached hydrogen (secondary N) is 1. The molecule has 0 aliphatic heterocycles. The zero-order valence-corrected chi connectivity index (χ0v) is 15.6. The minimum Gasteiger partial charge on any atom is -0.321 e. The Balaban J connectivity index is 1.78. The number of anilines is 1. The van der Waals surface area contributed by atoms with Crippen molar-refractivity contribution in [3.63, 3.8) is 0 Å². The van der Waals surface area contributed by atoms with Crippen LogP contribution in [0.25, 0.3) is 0 Å². The predicted molar refractivity (Wildman–Crippen MR) is 108 cm³/mol. The minimum absolute atomic E-state index is 0.122. The number of benzene rings is 2. The molecule has 0 unspecified atom stereocenters. The Morgan fingerprint density at radius 3 is 2.46 bits per heavy atom. The molecule has 28 heavy (non-hydrogen) atoms. The maximum Gasteiger partial charge on any atom is 0.276 e. The van der Waals surface area contributed by atoms with Crippen LogP contribution in [-0.4, -0.2) is 21.5 Å². The van der Waals surface area contributed by atoms with Gasteiger partial charge < -0.3 is 5.32 Å². The van der Waals surface area contributed by atoms with E-state index in [9.17, 15) is 14.4 Å². The zero-order chi connectivity index (χ0) is 19.9. The number of nitrogens with zero attached hydrogens (tertiary/aromatic N) is 2. The van der Waals surface area contributed by atoms with Crippen molar-refractivity contribution in [1.29, 1.82) is 0 Å². The van der Waals surface area contributed by atoms with E-state index in [4.69, 9.17) is 0 Å². The largest absolute Gasteiger partial charge is 0.321 e. The van der Waals surface area contributed by atoms with E-state index in [0.717, 1.165) is 12.8 Å². The monoisotopic (exact) mass is 375 g/mol. The van der Waals surface area contributed by atoms with Crippen molar-refractivity contribution in [3.05, 3.63) is 93.9 Å². The third-order valence-electron chi connectivity index (χ3n) is 4.24. The summed E-state index contributed by atoms with van der Waals surface area (Å²) >= 11 is 0. The van der Waals surface area contributed by atoms with Crippen molar-refractivity contribution in [1.82, 2.24) is 9.78 Å². The van der Waals surface area contributed by atoms with Crippen LogP contribution in [0.15, 0.2) is 71.5 Å². The second-order valence-corrected chi connectivity index (χ2v) is 6.36. The molecule has 2 aromatic carbocycles. The molecule has 0 radical (unpaired) electrons. The minimum atomic E-state index is -0.436. The Hall–Kier alpha value is -3.54. The van der Waals surface area contributed by atoms with Gasteiger partial charge in [-0.25, -0.2) is 4.68 Å². The van der Waals surface area contributed by atoms with E-state index in [2.05, 4.69) is 10.4 Å². The van der Waals surface area contributed by atoms with E-state index >= 15 is 0 Å². The summed E-state index contributed by atoms with van der Waals surface area (Å²) in [4.78, 5) is 36.9. The van der Waals surface area contributed by atoms with Gasteiger partial charge in [-0.1, -0.05) is 55.8 Å². The molecule has 1 aromatic heterocycles. The topological polar surface area (TPSA) is 81.1 Å². The summed E-state index contributed by atoms with van der Waals surface area (Å²) in [5.74, 6) is -0.558. The molecule has 0 saturated heterocycles. The lowest BCUT2D eigenvalue weighted by atomic mass is 10.0. The maximum absolute atomic E-state index is 12.6. The van der Waals surface area contributed by atoms with Gasteiger partial charge in [0.25, 0.3) is 11.5 Å². The molecule has 0 saturated carbocycles. The summed E-state index contributed by atoms with van der Waals surface area (Å²) in [7, 11) is 0. The molecule has 0 spiro atoms. The standard InChI is InChI=1S/C22H21N3O3/c1-2-3-14-25-20(26)13-12-19(24-25)22(28)23-18-11-7-10-17(15-18)21(27)16-8-5-4-6-9-16/h4-13,15H,2-3,14H2,1H3,(H,23,28). The summed E-state index contributed by atoms with van der Waals surface area (Å²) in [6.07, 6.45) is 1.73. The van der Waals surface area contributed by atoms with Gasteiger partial charge in [0.2, 0.25) is 0 Å². The van der Waals surface area contributed by atoms with Crippen LogP contribution in [0.1, 0.15) is 46.2 Å². The zero-order valence-electron chi connectivity index (χ0n) is 15.6. The van der Waals surface area contributed by atoms with Crippen molar-refractivity contribution in [2.45, 2.75) is 26.3 Å². The predicted octanol–water partition coefficient (Wildman–Crippen LogP) is 3.53. The number of unbranched alkanes of at least 4 members (excludes halogenated alkanes) is 1. The van der Waals surface area contributed by atoms with E-state index in [1.54, 1.807) is 48.5 Å². The van der Waals surface area contributed by atoms with Crippen molar-refractivity contribution >= 4 is 17.4 Å². The number of carbonyl (C=O) groups is 2. The molecule has 0 bridgehead atoms. The van der Waals surface area contributed by atoms with Gasteiger partial charge in [0.05, 0.1) is 0 Å². The highest BCUT2D eigenvalue weighted by Crippen LogP contribution is 2.15. The van der Waals surface area contributed by atoms with E-state index in [0.29, 0.717) is 23.4 Å². The molecule has 142 valence electrons. The fourth-order valence-electron chi connectivity index (χ4n) is 2.73. The summed E-state index contributed by atoms with van der Waals surface area (Å²) in [6, 6.07) is 18.4. The third-order valence-corrected chi connectivity index (χ3v) is 4.24. The first-order chi connectivity index (χ1) is 13.6. The summed E-state index contributed by atoms with van der Waals surface area (Å²) in [5, 5.41) is 6.87. The lowest BCUT2D eigenvalue weighted by Gasteiger charge is -2.09. The normalized spacial score (nSPS) is 10.5. The third kappa shape index (κ3) is 4.59. The van der Waals surface area contributed by atoms with Crippen LogP contribution >= 0.6 is 0 Å². The number of hydrogen-bond acceptors (Lipinski definition) is 4. The van der Waals surface area contributed by atoms with Gasteiger partial charge in [0.1, 0.15) is 5.69 Å². The lowest BCUT2D eigenvalue weighted by Crippen LogP contribution is -2.26. The number of rotatable bonds is 7. The average molecular weight is 375 g/mol. The van der Waals surface area contributed by atoms with Crippen molar-refractivity contribution < 1.29 is 9.59 Å². The van der Waals surface area contributed by atoms with Gasteiger partial charge in [-0.05, 0) is 24.6 Å². The Morgan fingerprint density at radius 1 is 0.964 bits per heavy atom. The molecule has 1 N–H and O–H groups in total. The average Bonchev–Trinajstić information content (AvgIpc) is 2.73. The van der Waals surface area contributed by atoms with Crippen molar-refractivity contribution in [2.75, 3.05) is 5.32 Å². The summed E-state index contributed by atoms with van der Waals surface area (Å²) < 4.78 is 1.30. The second-order valence-electron chi connectivity index (χ2n) is 6.36. The van der Waals surface area contributed by atoms with Gasteiger partial charge in [-0.15, -0.1) is 0 Å². The van der Waals surface area contributed by atoms with E-state index < -0.39 is 5.91 Å². The van der Waals surface area contributed by atoms with Gasteiger partial charge >= 0.3 is 0 Å². The van der Waals surface area contributed by atoms with Gasteiger partial charge in [0, 0.05) is 29.4 Å². The highest BCUT2D eigenvalue weighted by molar-refractivity contribution is 6.10. The Morgan fingerprint density at radius 2 is 1.71 bits per heavy atom. The fraction of sp³-hybridized carbons (Fsp3) is 0.182. The molecule has 0 atom stereocenters. The Bertz CT molecular complexity index is 1040. The Kier molecular flexibility index (Phi) is 6.11. The first kappa shape index (κ1) is 19.2. The van der Waals surface area contributed by atoms with Crippen LogP contribution in [0.4, 0.5) is 5.69 Å². The van der Waals surface area contributed by atoms with Gasteiger partial charge in [-0.2, -0.15) is 5.10 Å².